The Morgan fingerprint density at radius 1 is 0.824 bits per heavy atom. The zero-order valence-electron chi connectivity index (χ0n) is 9.72. The van der Waals surface area contributed by atoms with Crippen LogP contribution in [0.1, 0.15) is 5.69 Å². The fourth-order valence-corrected chi connectivity index (χ4v) is 2.15. The van der Waals surface area contributed by atoms with E-state index < -0.39 is 0 Å². The highest BCUT2D eigenvalue weighted by molar-refractivity contribution is 5.87. The summed E-state index contributed by atoms with van der Waals surface area (Å²) in [5.41, 5.74) is 3.51. The first-order valence-corrected chi connectivity index (χ1v) is 5.75. The van der Waals surface area contributed by atoms with Crippen molar-refractivity contribution >= 4 is 10.8 Å². The Labute approximate surface area is 101 Å². The van der Waals surface area contributed by atoms with Crippen molar-refractivity contribution in [3.8, 4) is 11.1 Å². The average molecular weight is 219 g/mol. The fourth-order valence-electron chi connectivity index (χ4n) is 2.15. The van der Waals surface area contributed by atoms with E-state index in [0.29, 0.717) is 0 Å². The summed E-state index contributed by atoms with van der Waals surface area (Å²) >= 11 is 0. The summed E-state index contributed by atoms with van der Waals surface area (Å²) in [5.74, 6) is 0. The topological polar surface area (TPSA) is 12.9 Å². The second-order valence-electron chi connectivity index (χ2n) is 4.20. The number of aromatic nitrogens is 1. The lowest BCUT2D eigenvalue weighted by atomic mass is 10.0. The van der Waals surface area contributed by atoms with Crippen LogP contribution in [0.4, 0.5) is 0 Å². The van der Waals surface area contributed by atoms with Gasteiger partial charge >= 0.3 is 0 Å². The van der Waals surface area contributed by atoms with Crippen molar-refractivity contribution < 1.29 is 0 Å². The molecule has 1 heteroatoms. The van der Waals surface area contributed by atoms with Crippen LogP contribution in [0, 0.1) is 6.92 Å². The first-order chi connectivity index (χ1) is 8.34. The van der Waals surface area contributed by atoms with Crippen molar-refractivity contribution in [3.05, 3.63) is 66.5 Å². The molecule has 3 aromatic rings. The van der Waals surface area contributed by atoms with Gasteiger partial charge in [0.15, 0.2) is 0 Å². The van der Waals surface area contributed by atoms with E-state index in [9.17, 15) is 0 Å². The van der Waals surface area contributed by atoms with E-state index in [1.165, 1.54) is 21.9 Å². The molecule has 1 aromatic heterocycles. The summed E-state index contributed by atoms with van der Waals surface area (Å²) in [6.45, 7) is 2.05. The molecule has 0 aliphatic carbocycles. The van der Waals surface area contributed by atoms with Crippen LogP contribution < -0.4 is 0 Å². The van der Waals surface area contributed by atoms with Crippen molar-refractivity contribution in [1.29, 1.82) is 0 Å². The maximum atomic E-state index is 4.34. The quantitative estimate of drug-likeness (QED) is 0.597. The summed E-state index contributed by atoms with van der Waals surface area (Å²) in [6, 6.07) is 19.1. The van der Waals surface area contributed by atoms with Gasteiger partial charge in [-0.3, -0.25) is 4.98 Å². The Hall–Kier alpha value is -2.15. The van der Waals surface area contributed by atoms with Gasteiger partial charge < -0.3 is 0 Å². The largest absolute Gasteiger partial charge is 0.261 e. The number of fused-ring (bicyclic) bond motifs is 1. The van der Waals surface area contributed by atoms with Crippen molar-refractivity contribution in [2.24, 2.45) is 0 Å². The molecule has 0 unspecified atom stereocenters. The van der Waals surface area contributed by atoms with Crippen LogP contribution >= 0.6 is 0 Å². The Morgan fingerprint density at radius 2 is 1.65 bits per heavy atom. The van der Waals surface area contributed by atoms with Gasteiger partial charge in [0.1, 0.15) is 0 Å². The molecule has 0 saturated heterocycles. The van der Waals surface area contributed by atoms with Gasteiger partial charge in [0.25, 0.3) is 0 Å². The van der Waals surface area contributed by atoms with Crippen LogP contribution in [0.2, 0.25) is 0 Å². The molecule has 0 amide bonds. The summed E-state index contributed by atoms with van der Waals surface area (Å²) in [6.07, 6.45) is 1.83. The molecule has 0 fully saturated rings. The number of nitrogens with zero attached hydrogens (tertiary/aromatic N) is 1. The minimum Gasteiger partial charge on any atom is -0.261 e. The van der Waals surface area contributed by atoms with Gasteiger partial charge in [-0.25, -0.2) is 0 Å². The van der Waals surface area contributed by atoms with Crippen molar-refractivity contribution in [3.63, 3.8) is 0 Å². The third kappa shape index (κ3) is 1.80. The van der Waals surface area contributed by atoms with Gasteiger partial charge in [-0.05, 0) is 35.4 Å². The Balaban J connectivity index is 2.22. The highest BCUT2D eigenvalue weighted by atomic mass is 14.7. The maximum absolute atomic E-state index is 4.34. The molecule has 17 heavy (non-hydrogen) atoms. The maximum Gasteiger partial charge on any atom is 0.0450 e. The van der Waals surface area contributed by atoms with Gasteiger partial charge in [-0.15, -0.1) is 0 Å². The van der Waals surface area contributed by atoms with Crippen molar-refractivity contribution in [2.75, 3.05) is 0 Å². The molecule has 2 aromatic carbocycles. The number of hydrogen-bond donors (Lipinski definition) is 0. The van der Waals surface area contributed by atoms with Gasteiger partial charge in [0.05, 0.1) is 0 Å². The SMILES string of the molecule is Cc1ncccc1-c1ccc2ccccc2c1. The number of benzene rings is 2. The Kier molecular flexibility index (Phi) is 2.37. The van der Waals surface area contributed by atoms with E-state index in [0.717, 1.165) is 5.69 Å². The van der Waals surface area contributed by atoms with Crippen molar-refractivity contribution in [2.45, 2.75) is 6.92 Å². The van der Waals surface area contributed by atoms with Crippen molar-refractivity contribution in [1.82, 2.24) is 4.98 Å². The monoisotopic (exact) mass is 219 g/mol. The molecule has 0 atom stereocenters. The second kappa shape index (κ2) is 4.02. The van der Waals surface area contributed by atoms with Crippen LogP contribution in [0.3, 0.4) is 0 Å². The van der Waals surface area contributed by atoms with E-state index in [1.54, 1.807) is 0 Å². The summed E-state index contributed by atoms with van der Waals surface area (Å²) in [4.78, 5) is 4.34. The van der Waals surface area contributed by atoms with E-state index >= 15 is 0 Å². The van der Waals surface area contributed by atoms with Gasteiger partial charge in [0, 0.05) is 17.5 Å². The average Bonchev–Trinajstić information content (AvgIpc) is 2.39. The lowest BCUT2D eigenvalue weighted by Crippen LogP contribution is -1.86. The highest BCUT2D eigenvalue weighted by Gasteiger charge is 2.02. The number of aryl methyl sites for hydroxylation is 1. The molecule has 0 saturated carbocycles. The molecule has 3 rings (SSSR count). The predicted octanol–water partition coefficient (Wildman–Crippen LogP) is 4.21. The number of rotatable bonds is 1. The molecule has 0 N–H and O–H groups in total. The third-order valence-electron chi connectivity index (χ3n) is 3.07. The molecular weight excluding hydrogens is 206 g/mol. The lowest BCUT2D eigenvalue weighted by Gasteiger charge is -2.06. The number of hydrogen-bond acceptors (Lipinski definition) is 1. The minimum absolute atomic E-state index is 1.07. The molecule has 0 aliphatic heterocycles. The third-order valence-corrected chi connectivity index (χ3v) is 3.07. The molecule has 82 valence electrons. The van der Waals surface area contributed by atoms with Crippen LogP contribution in [0.25, 0.3) is 21.9 Å². The molecule has 1 nitrogen and oxygen atoms in total. The highest BCUT2D eigenvalue weighted by Crippen LogP contribution is 2.25. The molecular formula is C16H13N. The Morgan fingerprint density at radius 3 is 2.47 bits per heavy atom. The zero-order chi connectivity index (χ0) is 11.7. The Bertz CT molecular complexity index is 671. The number of pyridine rings is 1. The first-order valence-electron chi connectivity index (χ1n) is 5.75. The van der Waals surface area contributed by atoms with Crippen LogP contribution in [-0.4, -0.2) is 4.98 Å². The standard InChI is InChI=1S/C16H13N/c1-12-16(7-4-10-17-12)15-9-8-13-5-2-3-6-14(13)11-15/h2-11H,1H3. The smallest absolute Gasteiger partial charge is 0.0450 e. The first kappa shape index (κ1) is 10.0. The molecule has 0 radical (unpaired) electrons. The minimum atomic E-state index is 1.07. The molecule has 0 aliphatic rings. The summed E-state index contributed by atoms with van der Waals surface area (Å²) in [7, 11) is 0. The van der Waals surface area contributed by atoms with E-state index in [1.807, 2.05) is 19.2 Å². The van der Waals surface area contributed by atoms with Gasteiger partial charge in [0.2, 0.25) is 0 Å². The lowest BCUT2D eigenvalue weighted by molar-refractivity contribution is 1.20. The summed E-state index contributed by atoms with van der Waals surface area (Å²) < 4.78 is 0. The van der Waals surface area contributed by atoms with Gasteiger partial charge in [-0.1, -0.05) is 42.5 Å². The predicted molar refractivity (Wildman–Crippen MR) is 71.9 cm³/mol. The molecule has 0 spiro atoms. The normalized spacial score (nSPS) is 10.6. The zero-order valence-corrected chi connectivity index (χ0v) is 9.72. The van der Waals surface area contributed by atoms with E-state index in [-0.39, 0.29) is 0 Å². The molecule has 0 bridgehead atoms. The van der Waals surface area contributed by atoms with Crippen LogP contribution in [0.5, 0.6) is 0 Å². The van der Waals surface area contributed by atoms with E-state index in [4.69, 9.17) is 0 Å². The van der Waals surface area contributed by atoms with Gasteiger partial charge in [-0.2, -0.15) is 0 Å². The van der Waals surface area contributed by atoms with E-state index in [2.05, 4.69) is 53.5 Å². The van der Waals surface area contributed by atoms with Crippen LogP contribution in [-0.2, 0) is 0 Å². The summed E-state index contributed by atoms with van der Waals surface area (Å²) in [5, 5.41) is 2.55. The second-order valence-corrected chi connectivity index (χ2v) is 4.20. The molecule has 1 heterocycles. The van der Waals surface area contributed by atoms with Crippen LogP contribution in [0.15, 0.2) is 60.8 Å². The fraction of sp³-hybridized carbons (Fsp3) is 0.0625.